The molecule has 0 heterocycles. The Balaban J connectivity index is 2.52. The first-order chi connectivity index (χ1) is 6.22. The molecule has 1 unspecified atom stereocenters. The van der Waals surface area contributed by atoms with Crippen LogP contribution >= 0.6 is 0 Å². The molecule has 2 rings (SSSR count). The molecular formula is C12H14O. The van der Waals surface area contributed by atoms with E-state index in [-0.39, 0.29) is 0 Å². The zero-order valence-electron chi connectivity index (χ0n) is 8.13. The molecule has 1 nitrogen and oxygen atoms in total. The van der Waals surface area contributed by atoms with Crippen LogP contribution in [0, 0.1) is 6.92 Å². The maximum Gasteiger partial charge on any atom is 0.163 e. The average molecular weight is 174 g/mol. The topological polar surface area (TPSA) is 17.1 Å². The predicted octanol–water partition coefficient (Wildman–Crippen LogP) is 3.08. The summed E-state index contributed by atoms with van der Waals surface area (Å²) in [5.41, 5.74) is 3.41. The lowest BCUT2D eigenvalue weighted by molar-refractivity contribution is 0.0988. The van der Waals surface area contributed by atoms with Crippen molar-refractivity contribution in [3.8, 4) is 0 Å². The standard InChI is InChI=1S/C12H14O/c1-3-9-7-12(13)11-6-8(2)4-5-10(9)11/h4-6,9H,3,7H2,1-2H3. The van der Waals surface area contributed by atoms with Gasteiger partial charge in [-0.1, -0.05) is 24.6 Å². The zero-order chi connectivity index (χ0) is 9.42. The van der Waals surface area contributed by atoms with Crippen LogP contribution in [0.4, 0.5) is 0 Å². The third kappa shape index (κ3) is 1.28. The maximum atomic E-state index is 11.6. The van der Waals surface area contributed by atoms with Gasteiger partial charge in [-0.15, -0.1) is 0 Å². The number of fused-ring (bicyclic) bond motifs is 1. The predicted molar refractivity (Wildman–Crippen MR) is 53.2 cm³/mol. The molecule has 0 amide bonds. The monoisotopic (exact) mass is 174 g/mol. The number of ketones is 1. The Morgan fingerprint density at radius 1 is 1.46 bits per heavy atom. The van der Waals surface area contributed by atoms with E-state index < -0.39 is 0 Å². The van der Waals surface area contributed by atoms with Crippen LogP contribution in [0.15, 0.2) is 18.2 Å². The third-order valence-corrected chi connectivity index (χ3v) is 2.87. The molecule has 0 spiro atoms. The van der Waals surface area contributed by atoms with Gasteiger partial charge in [0.15, 0.2) is 5.78 Å². The van der Waals surface area contributed by atoms with Crippen LogP contribution in [0.25, 0.3) is 0 Å². The van der Waals surface area contributed by atoms with Gasteiger partial charge in [-0.2, -0.15) is 0 Å². The van der Waals surface area contributed by atoms with Crippen molar-refractivity contribution >= 4 is 5.78 Å². The Morgan fingerprint density at radius 3 is 2.92 bits per heavy atom. The van der Waals surface area contributed by atoms with E-state index >= 15 is 0 Å². The molecular weight excluding hydrogens is 160 g/mol. The van der Waals surface area contributed by atoms with Crippen LogP contribution in [-0.2, 0) is 0 Å². The highest BCUT2D eigenvalue weighted by molar-refractivity contribution is 6.01. The molecule has 0 saturated heterocycles. The second-order valence-corrected chi connectivity index (χ2v) is 3.82. The lowest BCUT2D eigenvalue weighted by Gasteiger charge is -2.06. The molecule has 0 fully saturated rings. The van der Waals surface area contributed by atoms with Crippen molar-refractivity contribution in [3.63, 3.8) is 0 Å². The number of benzene rings is 1. The summed E-state index contributed by atoms with van der Waals surface area (Å²) in [4.78, 5) is 11.6. The van der Waals surface area contributed by atoms with E-state index in [4.69, 9.17) is 0 Å². The van der Waals surface area contributed by atoms with E-state index in [1.807, 2.05) is 13.0 Å². The van der Waals surface area contributed by atoms with Crippen molar-refractivity contribution in [3.05, 3.63) is 34.9 Å². The second kappa shape index (κ2) is 2.99. The van der Waals surface area contributed by atoms with Gasteiger partial charge in [-0.25, -0.2) is 0 Å². The van der Waals surface area contributed by atoms with Crippen molar-refractivity contribution in [1.82, 2.24) is 0 Å². The number of hydrogen-bond acceptors (Lipinski definition) is 1. The van der Waals surface area contributed by atoms with Gasteiger partial charge in [0.25, 0.3) is 0 Å². The van der Waals surface area contributed by atoms with Crippen LogP contribution in [-0.4, -0.2) is 5.78 Å². The Morgan fingerprint density at radius 2 is 2.23 bits per heavy atom. The normalized spacial score (nSPS) is 20.5. The minimum Gasteiger partial charge on any atom is -0.294 e. The summed E-state index contributed by atoms with van der Waals surface area (Å²) in [5.74, 6) is 0.800. The molecule has 0 aromatic heterocycles. The molecule has 1 aromatic carbocycles. The summed E-state index contributed by atoms with van der Waals surface area (Å²) >= 11 is 0. The molecule has 0 aliphatic heterocycles. The Hall–Kier alpha value is -1.11. The highest BCUT2D eigenvalue weighted by atomic mass is 16.1. The van der Waals surface area contributed by atoms with Crippen LogP contribution < -0.4 is 0 Å². The zero-order valence-corrected chi connectivity index (χ0v) is 8.13. The van der Waals surface area contributed by atoms with Gasteiger partial charge in [-0.3, -0.25) is 4.79 Å². The molecule has 1 aromatic rings. The lowest BCUT2D eigenvalue weighted by Crippen LogP contribution is -1.91. The van der Waals surface area contributed by atoms with E-state index in [0.29, 0.717) is 11.7 Å². The molecule has 0 bridgehead atoms. The first kappa shape index (κ1) is 8.49. The van der Waals surface area contributed by atoms with E-state index in [1.54, 1.807) is 0 Å². The van der Waals surface area contributed by atoms with Crippen LogP contribution in [0.2, 0.25) is 0 Å². The molecule has 1 aliphatic carbocycles. The smallest absolute Gasteiger partial charge is 0.163 e. The molecule has 0 radical (unpaired) electrons. The van der Waals surface area contributed by atoms with Gasteiger partial charge >= 0.3 is 0 Å². The molecule has 0 N–H and O–H groups in total. The van der Waals surface area contributed by atoms with Crippen molar-refractivity contribution in [2.24, 2.45) is 0 Å². The fourth-order valence-electron chi connectivity index (χ4n) is 2.08. The Bertz CT molecular complexity index is 352. The molecule has 13 heavy (non-hydrogen) atoms. The first-order valence-corrected chi connectivity index (χ1v) is 4.86. The van der Waals surface area contributed by atoms with Crippen molar-refractivity contribution in [1.29, 1.82) is 0 Å². The highest BCUT2D eigenvalue weighted by Crippen LogP contribution is 2.35. The summed E-state index contributed by atoms with van der Waals surface area (Å²) in [5, 5.41) is 0. The van der Waals surface area contributed by atoms with Crippen LogP contribution in [0.3, 0.4) is 0 Å². The molecule has 68 valence electrons. The molecule has 0 saturated carbocycles. The SMILES string of the molecule is CCC1CC(=O)c2cc(C)ccc21. The minimum atomic E-state index is 0.325. The highest BCUT2D eigenvalue weighted by Gasteiger charge is 2.27. The number of Topliss-reactive ketones (excluding diaryl/α,β-unsaturated/α-hetero) is 1. The Kier molecular flexibility index (Phi) is 1.95. The maximum absolute atomic E-state index is 11.6. The first-order valence-electron chi connectivity index (χ1n) is 4.86. The van der Waals surface area contributed by atoms with E-state index in [1.165, 1.54) is 11.1 Å². The number of rotatable bonds is 1. The summed E-state index contributed by atoms with van der Waals surface area (Å²) in [6.45, 7) is 4.18. The van der Waals surface area contributed by atoms with Gasteiger partial charge in [0.05, 0.1) is 0 Å². The Labute approximate surface area is 78.8 Å². The van der Waals surface area contributed by atoms with E-state index in [9.17, 15) is 4.79 Å². The average Bonchev–Trinajstić information content (AvgIpc) is 2.43. The molecule has 1 heteroatoms. The lowest BCUT2D eigenvalue weighted by atomic mass is 9.98. The largest absolute Gasteiger partial charge is 0.294 e. The van der Waals surface area contributed by atoms with Crippen LogP contribution in [0.1, 0.15) is 47.2 Å². The second-order valence-electron chi connectivity index (χ2n) is 3.82. The van der Waals surface area contributed by atoms with Crippen molar-refractivity contribution in [2.75, 3.05) is 0 Å². The number of hydrogen-bond donors (Lipinski definition) is 0. The fraction of sp³-hybridized carbons (Fsp3) is 0.417. The fourth-order valence-corrected chi connectivity index (χ4v) is 2.08. The molecule has 1 atom stereocenters. The van der Waals surface area contributed by atoms with Gasteiger partial charge in [-0.05, 0) is 30.9 Å². The van der Waals surface area contributed by atoms with Gasteiger partial charge < -0.3 is 0 Å². The van der Waals surface area contributed by atoms with Gasteiger partial charge in [0.1, 0.15) is 0 Å². The van der Waals surface area contributed by atoms with Crippen LogP contribution in [0.5, 0.6) is 0 Å². The summed E-state index contributed by atoms with van der Waals surface area (Å²) < 4.78 is 0. The summed E-state index contributed by atoms with van der Waals surface area (Å²) in [6.07, 6.45) is 1.79. The summed E-state index contributed by atoms with van der Waals surface area (Å²) in [6, 6.07) is 6.23. The third-order valence-electron chi connectivity index (χ3n) is 2.87. The summed E-state index contributed by atoms with van der Waals surface area (Å²) in [7, 11) is 0. The number of carbonyl (C=O) groups excluding carboxylic acids is 1. The minimum absolute atomic E-state index is 0.325. The number of carbonyl (C=O) groups is 1. The van der Waals surface area contributed by atoms with Gasteiger partial charge in [0, 0.05) is 12.0 Å². The van der Waals surface area contributed by atoms with Gasteiger partial charge in [0.2, 0.25) is 0 Å². The number of aryl methyl sites for hydroxylation is 1. The van der Waals surface area contributed by atoms with E-state index in [0.717, 1.165) is 18.4 Å². The van der Waals surface area contributed by atoms with Crippen molar-refractivity contribution in [2.45, 2.75) is 32.6 Å². The quantitative estimate of drug-likeness (QED) is 0.639. The van der Waals surface area contributed by atoms with Crippen molar-refractivity contribution < 1.29 is 4.79 Å². The van der Waals surface area contributed by atoms with E-state index in [2.05, 4.69) is 19.1 Å². The molecule has 1 aliphatic rings.